The molecule has 5 nitrogen and oxygen atoms in total. The molecule has 1 saturated heterocycles. The summed E-state index contributed by atoms with van der Waals surface area (Å²) in [6.45, 7) is 2.15. The Morgan fingerprint density at radius 1 is 1.43 bits per heavy atom. The van der Waals surface area contributed by atoms with Gasteiger partial charge < -0.3 is 14.7 Å². The number of hydrogen-bond acceptors (Lipinski definition) is 3. The van der Waals surface area contributed by atoms with Crippen molar-refractivity contribution < 1.29 is 24.1 Å². The first-order valence-corrected chi connectivity index (χ1v) is 9.45. The van der Waals surface area contributed by atoms with Crippen molar-refractivity contribution >= 4 is 14.0 Å². The zero-order valence-corrected chi connectivity index (χ0v) is 14.4. The average Bonchev–Trinajstić information content (AvgIpc) is 2.92. The molecule has 2 N–H and O–H groups in total. The van der Waals surface area contributed by atoms with Crippen molar-refractivity contribution in [3.8, 4) is 0 Å². The van der Waals surface area contributed by atoms with Crippen molar-refractivity contribution in [2.45, 2.75) is 44.4 Å². The van der Waals surface area contributed by atoms with Gasteiger partial charge in [-0.1, -0.05) is 37.3 Å². The van der Waals surface area contributed by atoms with E-state index in [0.29, 0.717) is 32.3 Å². The first kappa shape index (κ1) is 18.2. The summed E-state index contributed by atoms with van der Waals surface area (Å²) in [5.41, 5.74) is 1.13. The minimum Gasteiger partial charge on any atom is -0.481 e. The number of ether oxygens (including phenoxy) is 1. The Hall–Kier alpha value is -1.16. The third-order valence-corrected chi connectivity index (χ3v) is 6.31. The number of rotatable bonds is 8. The molecule has 1 heterocycles. The van der Waals surface area contributed by atoms with Crippen LogP contribution in [0.25, 0.3) is 0 Å². The van der Waals surface area contributed by atoms with Crippen molar-refractivity contribution in [2.24, 2.45) is 11.8 Å². The van der Waals surface area contributed by atoms with Gasteiger partial charge >= 0.3 is 5.97 Å². The van der Waals surface area contributed by atoms with E-state index in [1.54, 1.807) is 6.92 Å². The summed E-state index contributed by atoms with van der Waals surface area (Å²) in [6.07, 6.45) is 2.99. The van der Waals surface area contributed by atoms with Crippen molar-refractivity contribution in [3.05, 3.63) is 35.9 Å². The lowest BCUT2D eigenvalue weighted by atomic mass is 9.89. The predicted molar refractivity (Wildman–Crippen MR) is 88.8 cm³/mol. The highest BCUT2D eigenvalue weighted by Crippen LogP contribution is 2.52. The molecule has 0 aliphatic carbocycles. The molecular formula is C17H25O5P. The maximum atomic E-state index is 12.1. The summed E-state index contributed by atoms with van der Waals surface area (Å²) < 4.78 is 17.8. The van der Waals surface area contributed by atoms with E-state index in [2.05, 4.69) is 0 Å². The highest BCUT2D eigenvalue weighted by atomic mass is 31.1. The Kier molecular flexibility index (Phi) is 6.40. The molecule has 1 aromatic rings. The van der Waals surface area contributed by atoms with E-state index < -0.39 is 25.3 Å². The van der Waals surface area contributed by atoms with Crippen LogP contribution in [0.3, 0.4) is 0 Å². The molecule has 1 aliphatic heterocycles. The second-order valence-electron chi connectivity index (χ2n) is 6.35. The number of carbonyl (C=O) groups is 1. The maximum absolute atomic E-state index is 12.1. The van der Waals surface area contributed by atoms with E-state index in [1.165, 1.54) is 0 Å². The molecule has 0 radical (unpaired) electrons. The molecule has 1 aliphatic rings. The number of hydrogen-bond donors (Lipinski definition) is 2. The smallest absolute Gasteiger partial charge is 0.306 e. The highest BCUT2D eigenvalue weighted by molar-refractivity contribution is 7.39. The van der Waals surface area contributed by atoms with Gasteiger partial charge in [0.2, 0.25) is 8.03 Å². The molecule has 128 valence electrons. The molecule has 0 amide bonds. The van der Waals surface area contributed by atoms with Gasteiger partial charge in [0.25, 0.3) is 0 Å². The van der Waals surface area contributed by atoms with E-state index in [9.17, 15) is 14.3 Å². The lowest BCUT2D eigenvalue weighted by Crippen LogP contribution is -2.33. The van der Waals surface area contributed by atoms with Crippen molar-refractivity contribution in [1.82, 2.24) is 0 Å². The summed E-state index contributed by atoms with van der Waals surface area (Å²) in [5.74, 6) is -1.27. The van der Waals surface area contributed by atoms with E-state index in [4.69, 9.17) is 9.84 Å². The summed E-state index contributed by atoms with van der Waals surface area (Å²) >= 11 is 0. The molecule has 0 aromatic heterocycles. The van der Waals surface area contributed by atoms with Crippen LogP contribution in [-0.4, -0.2) is 27.9 Å². The van der Waals surface area contributed by atoms with Crippen LogP contribution in [0.1, 0.15) is 38.2 Å². The van der Waals surface area contributed by atoms with Gasteiger partial charge in [-0.15, -0.1) is 0 Å². The van der Waals surface area contributed by atoms with Crippen LogP contribution in [0.5, 0.6) is 0 Å². The van der Waals surface area contributed by atoms with Crippen molar-refractivity contribution in [2.75, 3.05) is 6.61 Å². The predicted octanol–water partition coefficient (Wildman–Crippen LogP) is 3.32. The fourth-order valence-corrected chi connectivity index (χ4v) is 4.53. The normalized spacial score (nSPS) is 26.8. The molecule has 6 heteroatoms. The first-order valence-electron chi connectivity index (χ1n) is 8.10. The number of aliphatic carboxylic acids is 1. The quantitative estimate of drug-likeness (QED) is 0.709. The SMILES string of the molecule is CC(CCCC1([PH](=O)O)OCCC1Cc1ccccc1)C(=O)O. The Morgan fingerprint density at radius 2 is 2.13 bits per heavy atom. The summed E-state index contributed by atoms with van der Waals surface area (Å²) in [4.78, 5) is 20.8. The van der Waals surface area contributed by atoms with Gasteiger partial charge in [-0.3, -0.25) is 9.36 Å². The largest absolute Gasteiger partial charge is 0.481 e. The molecular weight excluding hydrogens is 315 g/mol. The second kappa shape index (κ2) is 8.09. The van der Waals surface area contributed by atoms with Crippen molar-refractivity contribution in [3.63, 3.8) is 0 Å². The number of benzene rings is 1. The van der Waals surface area contributed by atoms with Gasteiger partial charge in [0.05, 0.1) is 5.92 Å². The standard InChI is InChI=1S/C17H25O5P/c1-13(16(18)19)6-5-10-17(23(20)21)15(9-11-22-17)12-14-7-3-2-4-8-14/h2-4,7-8,13,15,23H,5-6,9-12H2,1H3,(H,18,19)(H,20,21). The fraction of sp³-hybridized carbons (Fsp3) is 0.588. The lowest BCUT2D eigenvalue weighted by molar-refractivity contribution is -0.141. The average molecular weight is 340 g/mol. The fourth-order valence-electron chi connectivity index (χ4n) is 3.31. The molecule has 23 heavy (non-hydrogen) atoms. The monoisotopic (exact) mass is 340 g/mol. The van der Waals surface area contributed by atoms with Crippen molar-refractivity contribution in [1.29, 1.82) is 0 Å². The molecule has 1 fully saturated rings. The third-order valence-electron chi connectivity index (χ3n) is 4.78. The van der Waals surface area contributed by atoms with Crippen LogP contribution >= 0.6 is 8.03 Å². The van der Waals surface area contributed by atoms with Crippen LogP contribution in [0.15, 0.2) is 30.3 Å². The molecule has 2 rings (SSSR count). The molecule has 0 saturated carbocycles. The van der Waals surface area contributed by atoms with Gasteiger partial charge in [-0.05, 0) is 37.7 Å². The zero-order valence-electron chi connectivity index (χ0n) is 13.4. The third kappa shape index (κ3) is 4.43. The van der Waals surface area contributed by atoms with E-state index in [1.807, 2.05) is 30.3 Å². The van der Waals surface area contributed by atoms with Gasteiger partial charge in [-0.2, -0.15) is 0 Å². The minimum absolute atomic E-state index is 0.00132. The Morgan fingerprint density at radius 3 is 2.74 bits per heavy atom. The molecule has 4 unspecified atom stereocenters. The van der Waals surface area contributed by atoms with E-state index >= 15 is 0 Å². The number of carboxylic acids is 1. The molecule has 4 atom stereocenters. The van der Waals surface area contributed by atoms with E-state index in [0.717, 1.165) is 12.0 Å². The Balaban J connectivity index is 2.05. The Labute approximate surface area is 137 Å². The number of carboxylic acid groups (broad SMARTS) is 1. The van der Waals surface area contributed by atoms with Gasteiger partial charge in [0.15, 0.2) is 0 Å². The van der Waals surface area contributed by atoms with Gasteiger partial charge in [0.1, 0.15) is 5.34 Å². The maximum Gasteiger partial charge on any atom is 0.306 e. The summed E-state index contributed by atoms with van der Waals surface area (Å²) in [5, 5.41) is 7.96. The van der Waals surface area contributed by atoms with Gasteiger partial charge in [-0.25, -0.2) is 0 Å². The van der Waals surface area contributed by atoms with E-state index in [-0.39, 0.29) is 5.92 Å². The topological polar surface area (TPSA) is 83.8 Å². The lowest BCUT2D eigenvalue weighted by Gasteiger charge is -2.32. The zero-order chi connectivity index (χ0) is 16.9. The summed E-state index contributed by atoms with van der Waals surface area (Å²) in [6, 6.07) is 9.91. The van der Waals surface area contributed by atoms with Gasteiger partial charge in [0, 0.05) is 12.5 Å². The van der Waals surface area contributed by atoms with Crippen LogP contribution in [0, 0.1) is 11.8 Å². The molecule has 0 bridgehead atoms. The Bertz CT molecular complexity index is 547. The van der Waals surface area contributed by atoms with Crippen LogP contribution in [-0.2, 0) is 20.5 Å². The highest BCUT2D eigenvalue weighted by Gasteiger charge is 2.48. The van der Waals surface area contributed by atoms with Crippen LogP contribution < -0.4 is 0 Å². The molecule has 0 spiro atoms. The second-order valence-corrected chi connectivity index (χ2v) is 7.81. The summed E-state index contributed by atoms with van der Waals surface area (Å²) in [7, 11) is -2.88. The molecule has 1 aromatic carbocycles. The first-order chi connectivity index (χ1) is 11.0. The minimum atomic E-state index is -2.88. The van der Waals surface area contributed by atoms with Crippen LogP contribution in [0.4, 0.5) is 0 Å². The van der Waals surface area contributed by atoms with Crippen LogP contribution in [0.2, 0.25) is 0 Å².